The standard InChI is InChI=1S/C40H53F2N5O9S/c1-8-25(4)46(36(51)52)31-24(3)19-23(2)13-9-10-14-26-20-39(26,35(50)45-57(53,54)37(5)17-18-37)44-32(48)29-21-38(6,40(41,42)47(29)34(31)49)56-33-28-16-12-11-15-27(28)30(55-7)22-43-33/h10-12,14-16,22-26,29,31H,8-9,13,17-21H2,1-7H3,(H,44,48)(H,45,50)(H,51,52)/b14-10-/t23-,24-,25?,26-,29+,31+,38-,39-/m1/s1/i7D3. The monoisotopic (exact) mass is 820 g/mol. The normalized spacial score (nSPS) is 33.0. The van der Waals surface area contributed by atoms with E-state index in [1.165, 1.54) is 25.1 Å². The second-order valence-electron chi connectivity index (χ2n) is 16.7. The van der Waals surface area contributed by atoms with Crippen LogP contribution in [-0.2, 0) is 24.4 Å². The maximum absolute atomic E-state index is 17.7. The molecule has 1 unspecified atom stereocenters. The predicted octanol–water partition coefficient (Wildman–Crippen LogP) is 5.61. The molecule has 0 radical (unpaired) electrons. The van der Waals surface area contributed by atoms with E-state index in [4.69, 9.17) is 13.6 Å². The van der Waals surface area contributed by atoms with E-state index in [2.05, 4.69) is 15.0 Å². The Morgan fingerprint density at radius 1 is 1.18 bits per heavy atom. The van der Waals surface area contributed by atoms with Gasteiger partial charge in [0.15, 0.2) is 5.60 Å². The molecular weight excluding hydrogens is 765 g/mol. The van der Waals surface area contributed by atoms with E-state index >= 15 is 13.6 Å². The minimum Gasteiger partial charge on any atom is -0.494 e. The lowest BCUT2D eigenvalue weighted by molar-refractivity contribution is -0.219. The second-order valence-corrected chi connectivity index (χ2v) is 18.9. The average Bonchev–Trinajstić information content (AvgIpc) is 4.06. The van der Waals surface area contributed by atoms with Crippen LogP contribution in [0.2, 0.25) is 0 Å². The van der Waals surface area contributed by atoms with Gasteiger partial charge in [-0.05, 0) is 83.6 Å². The zero-order valence-corrected chi connectivity index (χ0v) is 33.7. The Balaban J connectivity index is 1.48. The molecular formula is C40H53F2N5O9S. The van der Waals surface area contributed by atoms with Crippen molar-refractivity contribution in [3.63, 3.8) is 0 Å². The zero-order chi connectivity index (χ0) is 44.4. The van der Waals surface area contributed by atoms with E-state index in [1.54, 1.807) is 39.0 Å². The lowest BCUT2D eigenvalue weighted by atomic mass is 9.86. The number of sulfonamides is 1. The number of hydrogen-bond acceptors (Lipinski definition) is 9. The summed E-state index contributed by atoms with van der Waals surface area (Å²) in [7, 11) is -7.08. The van der Waals surface area contributed by atoms with E-state index in [-0.39, 0.29) is 46.6 Å². The van der Waals surface area contributed by atoms with E-state index < -0.39 is 105 Å². The number of halogens is 2. The molecule has 4 aliphatic rings. The van der Waals surface area contributed by atoms with E-state index in [0.29, 0.717) is 25.7 Å². The van der Waals surface area contributed by atoms with Crippen molar-refractivity contribution >= 4 is 44.6 Å². The molecule has 0 bridgehead atoms. The van der Waals surface area contributed by atoms with Crippen molar-refractivity contribution in [2.45, 2.75) is 133 Å². The van der Waals surface area contributed by atoms with Crippen LogP contribution >= 0.6 is 0 Å². The van der Waals surface area contributed by atoms with Crippen LogP contribution in [0.5, 0.6) is 11.6 Å². The summed E-state index contributed by atoms with van der Waals surface area (Å²) < 4.78 is 96.6. The van der Waals surface area contributed by atoms with E-state index in [0.717, 1.165) is 18.0 Å². The van der Waals surface area contributed by atoms with Crippen LogP contribution in [0.1, 0.15) is 97.0 Å². The fourth-order valence-corrected chi connectivity index (χ4v) is 9.61. The fraction of sp³-hybridized carbons (Fsp3) is 0.625. The number of rotatable bonds is 9. The van der Waals surface area contributed by atoms with Gasteiger partial charge in [-0.25, -0.2) is 18.2 Å². The zero-order valence-electron chi connectivity index (χ0n) is 35.9. The number of hydrogen-bond donors (Lipinski definition) is 3. The molecule has 0 spiro atoms. The van der Waals surface area contributed by atoms with Crippen molar-refractivity contribution < 1.29 is 55.1 Å². The molecule has 14 nitrogen and oxygen atoms in total. The van der Waals surface area contributed by atoms with Crippen LogP contribution in [0.4, 0.5) is 13.6 Å². The summed E-state index contributed by atoms with van der Waals surface area (Å²) in [5.41, 5.74) is -4.64. The maximum Gasteiger partial charge on any atom is 0.408 e. The summed E-state index contributed by atoms with van der Waals surface area (Å²) in [4.78, 5) is 61.8. The van der Waals surface area contributed by atoms with E-state index in [9.17, 15) is 27.9 Å². The second kappa shape index (κ2) is 15.0. The number of nitrogens with one attached hydrogen (secondary N) is 2. The summed E-state index contributed by atoms with van der Waals surface area (Å²) in [6.07, 6.45) is 4.15. The molecule has 2 aromatic rings. The molecule has 4 amide bonds. The third-order valence-electron chi connectivity index (χ3n) is 12.5. The number of aromatic nitrogens is 1. The number of carbonyl (C=O) groups is 4. The quantitative estimate of drug-likeness (QED) is 0.212. The topological polar surface area (TPSA) is 185 Å². The van der Waals surface area contributed by atoms with E-state index in [1.807, 2.05) is 6.92 Å². The van der Waals surface area contributed by atoms with Gasteiger partial charge in [0, 0.05) is 29.2 Å². The number of pyridine rings is 1. The summed E-state index contributed by atoms with van der Waals surface area (Å²) in [6, 6.07) is -2.98. The molecule has 1 saturated heterocycles. The first-order valence-electron chi connectivity index (χ1n) is 20.8. The molecule has 3 N–H and O–H groups in total. The van der Waals surface area contributed by atoms with Crippen molar-refractivity contribution in [3.8, 4) is 11.6 Å². The average molecular weight is 821 g/mol. The fourth-order valence-electron chi connectivity index (χ4n) is 8.30. The van der Waals surface area contributed by atoms with Gasteiger partial charge in [-0.1, -0.05) is 51.1 Å². The lowest BCUT2D eigenvalue weighted by Crippen LogP contribution is -2.64. The Bertz CT molecular complexity index is 2190. The Morgan fingerprint density at radius 3 is 2.49 bits per heavy atom. The van der Waals surface area contributed by atoms with Gasteiger partial charge in [0.25, 0.3) is 11.8 Å². The minimum absolute atomic E-state index is 0.0568. The molecule has 57 heavy (non-hydrogen) atoms. The number of methoxy groups -OCH3 is 1. The molecule has 17 heteroatoms. The highest BCUT2D eigenvalue weighted by Crippen LogP contribution is 2.51. The van der Waals surface area contributed by atoms with Gasteiger partial charge in [0.1, 0.15) is 23.4 Å². The van der Waals surface area contributed by atoms with Gasteiger partial charge in [0.2, 0.25) is 21.8 Å². The van der Waals surface area contributed by atoms with Crippen LogP contribution in [0.25, 0.3) is 10.8 Å². The van der Waals surface area contributed by atoms with Gasteiger partial charge in [-0.2, -0.15) is 8.78 Å². The van der Waals surface area contributed by atoms with Gasteiger partial charge < -0.3 is 19.9 Å². The Morgan fingerprint density at radius 2 is 1.86 bits per heavy atom. The Kier molecular flexibility index (Phi) is 10.0. The minimum atomic E-state index is -4.37. The highest BCUT2D eigenvalue weighted by atomic mass is 32.2. The molecule has 312 valence electrons. The number of carboxylic acid groups (broad SMARTS) is 1. The van der Waals surface area contributed by atoms with Crippen molar-refractivity contribution in [1.29, 1.82) is 0 Å². The molecule has 6 rings (SSSR count). The van der Waals surface area contributed by atoms with Crippen LogP contribution < -0.4 is 19.5 Å². The molecule has 3 heterocycles. The maximum atomic E-state index is 17.7. The smallest absolute Gasteiger partial charge is 0.408 e. The first-order valence-corrected chi connectivity index (χ1v) is 20.8. The van der Waals surface area contributed by atoms with Crippen molar-refractivity contribution in [2.24, 2.45) is 17.8 Å². The molecule has 2 aliphatic carbocycles. The lowest BCUT2D eigenvalue weighted by Gasteiger charge is -2.42. The van der Waals surface area contributed by atoms with Crippen LogP contribution in [-0.4, -0.2) is 99.2 Å². The van der Waals surface area contributed by atoms with Gasteiger partial charge >= 0.3 is 12.1 Å². The molecule has 1 aromatic heterocycles. The first-order chi connectivity index (χ1) is 27.8. The third kappa shape index (κ3) is 7.40. The molecule has 1 aromatic carbocycles. The number of benzene rings is 1. The number of fused-ring (bicyclic) bond motifs is 3. The number of allylic oxidation sites excluding steroid dienone is 1. The first kappa shape index (κ1) is 38.0. The Labute approximate surface area is 336 Å². The van der Waals surface area contributed by atoms with Gasteiger partial charge in [-0.15, -0.1) is 0 Å². The third-order valence-corrected chi connectivity index (χ3v) is 14.6. The number of carbonyl (C=O) groups excluding carboxylic acids is 3. The number of alkyl halides is 2. The molecule has 3 fully saturated rings. The van der Waals surface area contributed by atoms with Crippen LogP contribution in [0.3, 0.4) is 0 Å². The number of nitrogens with zero attached hydrogens (tertiary/aromatic N) is 3. The molecule has 8 atom stereocenters. The number of ether oxygens (including phenoxy) is 2. The highest BCUT2D eigenvalue weighted by Gasteiger charge is 2.71. The van der Waals surface area contributed by atoms with Gasteiger partial charge in [0.05, 0.1) is 22.1 Å². The summed E-state index contributed by atoms with van der Waals surface area (Å²) in [5.74, 6) is -5.90. The Hall–Kier alpha value is -4.54. The molecule has 2 aliphatic heterocycles. The van der Waals surface area contributed by atoms with Crippen molar-refractivity contribution in [1.82, 2.24) is 24.8 Å². The van der Waals surface area contributed by atoms with Crippen molar-refractivity contribution in [3.05, 3.63) is 42.6 Å². The van der Waals surface area contributed by atoms with Crippen molar-refractivity contribution in [2.75, 3.05) is 7.04 Å². The SMILES string of the molecule is [2H]C([2H])([2H])Oc1cnc(O[C@]2(C)C[C@H]3C(=O)N[C@]4(C(=O)NS(=O)(=O)C5(C)CC5)C[C@H]4/C=C\CC[C@@H](C)C[C@@H](C)[C@H](N(C(=O)O)C(C)CC)C(=O)N3C2(F)F)c2ccccc12. The largest absolute Gasteiger partial charge is 0.494 e. The number of amides is 4. The summed E-state index contributed by atoms with van der Waals surface area (Å²) >= 11 is 0. The summed E-state index contributed by atoms with van der Waals surface area (Å²) in [6.45, 7) is 9.20. The van der Waals surface area contributed by atoms with Gasteiger partial charge in [-0.3, -0.25) is 28.9 Å². The summed E-state index contributed by atoms with van der Waals surface area (Å²) in [5, 5.41) is 13.3. The van der Waals surface area contributed by atoms with Crippen LogP contribution in [0.15, 0.2) is 42.6 Å². The highest BCUT2D eigenvalue weighted by molar-refractivity contribution is 7.91. The predicted molar refractivity (Wildman–Crippen MR) is 206 cm³/mol. The van der Waals surface area contributed by atoms with Crippen LogP contribution in [0, 0.1) is 17.8 Å². The molecule has 2 saturated carbocycles.